The number of hydrogen-bond acceptors (Lipinski definition) is 6. The quantitative estimate of drug-likeness (QED) is 0.577. The zero-order valence-electron chi connectivity index (χ0n) is 19.6. The molecule has 10 heteroatoms. The van der Waals surface area contributed by atoms with Crippen molar-refractivity contribution in [2.45, 2.75) is 67.1 Å². The van der Waals surface area contributed by atoms with Crippen molar-refractivity contribution in [3.63, 3.8) is 0 Å². The number of rotatable bonds is 0. The van der Waals surface area contributed by atoms with Gasteiger partial charge in [-0.3, -0.25) is 10.2 Å². The highest BCUT2D eigenvalue weighted by molar-refractivity contribution is 8.02. The molecule has 186 valence electrons. The number of fused-ring (bicyclic) bond motifs is 3. The van der Waals surface area contributed by atoms with Crippen LogP contribution in [0, 0.1) is 12.8 Å². The molecule has 4 aliphatic rings. The van der Waals surface area contributed by atoms with Gasteiger partial charge in [-0.15, -0.1) is 0 Å². The lowest BCUT2D eigenvalue weighted by atomic mass is 9.94. The number of allylic oxidation sites excluding steroid dienone is 1. The van der Waals surface area contributed by atoms with E-state index in [1.54, 1.807) is 16.7 Å². The Morgan fingerprint density at radius 1 is 1.12 bits per heavy atom. The molecule has 4 atom stereocenters. The average molecular weight is 488 g/mol. The van der Waals surface area contributed by atoms with Crippen molar-refractivity contribution in [1.29, 1.82) is 0 Å². The Balaban J connectivity index is 0.000000176. The van der Waals surface area contributed by atoms with Gasteiger partial charge >= 0.3 is 5.50 Å². The molecule has 6 heterocycles. The van der Waals surface area contributed by atoms with E-state index in [0.717, 1.165) is 5.71 Å². The maximum absolute atomic E-state index is 11.5. The molecule has 0 bridgehead atoms. The van der Waals surface area contributed by atoms with Gasteiger partial charge in [-0.1, -0.05) is 14.9 Å². The Labute approximate surface area is 207 Å². The van der Waals surface area contributed by atoms with Crippen molar-refractivity contribution in [2.24, 2.45) is 23.1 Å². The molecule has 1 saturated heterocycles. The van der Waals surface area contributed by atoms with Gasteiger partial charge in [-0.05, 0) is 32.5 Å². The van der Waals surface area contributed by atoms with Crippen molar-refractivity contribution < 1.29 is 9.37 Å². The fourth-order valence-electron chi connectivity index (χ4n) is 4.53. The minimum atomic E-state index is -0.0926. The monoisotopic (exact) mass is 487 g/mol. The molecule has 9 nitrogen and oxygen atoms in total. The Morgan fingerprint density at radius 2 is 1.82 bits per heavy atom. The number of thioether (sulfide) groups is 1. The fourth-order valence-corrected chi connectivity index (χ4v) is 5.55. The first kappa shape index (κ1) is 27.4. The normalized spacial score (nSPS) is 25.9. The van der Waals surface area contributed by atoms with Crippen molar-refractivity contribution in [1.82, 2.24) is 24.5 Å². The molecule has 4 aliphatic heterocycles. The summed E-state index contributed by atoms with van der Waals surface area (Å²) in [5.74, 6) is 0.440. The second-order valence-electron chi connectivity index (χ2n) is 8.59. The Kier molecular flexibility index (Phi) is 8.52. The van der Waals surface area contributed by atoms with Gasteiger partial charge in [0.1, 0.15) is 11.7 Å². The number of likely N-dealkylation sites (tertiary alicyclic amines) is 1. The number of amides is 1. The van der Waals surface area contributed by atoms with Gasteiger partial charge in [0, 0.05) is 69.0 Å². The molecule has 6 rings (SSSR count). The number of aliphatic imine (C=N–C) groups is 1. The van der Waals surface area contributed by atoms with Gasteiger partial charge < -0.3 is 9.47 Å². The van der Waals surface area contributed by atoms with E-state index in [1.807, 2.05) is 50.3 Å². The molecule has 0 saturated carbocycles. The van der Waals surface area contributed by atoms with Crippen LogP contribution in [-0.4, -0.2) is 71.8 Å². The van der Waals surface area contributed by atoms with E-state index in [4.69, 9.17) is 0 Å². The minimum Gasteiger partial charge on any atom is -0.340 e. The molecule has 1 amide bonds. The number of carbonyl (C=O) groups excluding carboxylic acids is 1. The summed E-state index contributed by atoms with van der Waals surface area (Å²) >= 11 is 1.77. The van der Waals surface area contributed by atoms with E-state index >= 15 is 0 Å². The van der Waals surface area contributed by atoms with Crippen molar-refractivity contribution in [2.75, 3.05) is 7.05 Å². The van der Waals surface area contributed by atoms with Gasteiger partial charge in [-0.2, -0.15) is 14.8 Å². The van der Waals surface area contributed by atoms with Crippen molar-refractivity contribution in [3.05, 3.63) is 35.3 Å². The first-order chi connectivity index (χ1) is 15.2. The molecular formula is C24H39N8OS+. The van der Waals surface area contributed by atoms with Gasteiger partial charge in [0.15, 0.2) is 11.4 Å². The van der Waals surface area contributed by atoms with Crippen LogP contribution in [0.15, 0.2) is 39.8 Å². The molecule has 2 aromatic heterocycles. The van der Waals surface area contributed by atoms with Gasteiger partial charge in [0.05, 0.1) is 12.4 Å². The number of hydrazone groups is 1. The molecule has 0 spiro atoms. The molecule has 0 radical (unpaired) electrons. The number of hydrogen-bond donors (Lipinski definition) is 1. The number of imidazole rings is 1. The van der Waals surface area contributed by atoms with Gasteiger partial charge in [-0.25, -0.2) is 9.51 Å². The third-order valence-electron chi connectivity index (χ3n) is 6.41. The third-order valence-corrected chi connectivity index (χ3v) is 7.46. The van der Waals surface area contributed by atoms with Crippen LogP contribution in [0.5, 0.6) is 0 Å². The lowest BCUT2D eigenvalue weighted by molar-refractivity contribution is -0.480. The topological polar surface area (TPSA) is 82.3 Å². The lowest BCUT2D eigenvalue weighted by Gasteiger charge is -2.18. The molecule has 2 aromatic rings. The Bertz CT molecular complexity index is 1140. The van der Waals surface area contributed by atoms with E-state index in [9.17, 15) is 4.79 Å². The summed E-state index contributed by atoms with van der Waals surface area (Å²) in [6.45, 7) is 10.3. The van der Waals surface area contributed by atoms with Crippen LogP contribution >= 0.6 is 11.8 Å². The zero-order valence-corrected chi connectivity index (χ0v) is 20.5. The van der Waals surface area contributed by atoms with E-state index in [-0.39, 0.29) is 38.8 Å². The molecule has 0 aliphatic carbocycles. The molecule has 4 unspecified atom stereocenters. The van der Waals surface area contributed by atoms with Crippen LogP contribution in [0.2, 0.25) is 0 Å². The first-order valence-corrected chi connectivity index (χ1v) is 11.6. The van der Waals surface area contributed by atoms with Crippen LogP contribution in [0.3, 0.4) is 0 Å². The molecule has 34 heavy (non-hydrogen) atoms. The number of aryl methyl sites for hydroxylation is 2. The largest absolute Gasteiger partial charge is 0.340 e. The summed E-state index contributed by atoms with van der Waals surface area (Å²) in [5, 5.41) is 10.4. The molecule has 1 N–H and O–H groups in total. The van der Waals surface area contributed by atoms with Crippen LogP contribution < -0.4 is 5.43 Å². The van der Waals surface area contributed by atoms with Crippen molar-refractivity contribution in [3.8, 4) is 0 Å². The lowest BCUT2D eigenvalue weighted by Crippen LogP contribution is -2.34. The summed E-state index contributed by atoms with van der Waals surface area (Å²) in [6, 6.07) is 0.186. The smallest absolute Gasteiger partial charge is 0.304 e. The SMILES string of the molecule is C.C.CC1=CSC2N=CC(C)=[N+]12.CC1=NNC2C(=O)N(C)C(C)C12.Cc1cnn2ccn(C)c12. The van der Waals surface area contributed by atoms with Gasteiger partial charge in [0.2, 0.25) is 5.91 Å². The third kappa shape index (κ3) is 4.68. The van der Waals surface area contributed by atoms with E-state index in [1.165, 1.54) is 22.6 Å². The average Bonchev–Trinajstić information content (AvgIpc) is 3.58. The fraction of sp³-hybridized carbons (Fsp3) is 0.542. The highest BCUT2D eigenvalue weighted by Gasteiger charge is 2.48. The predicted octanol–water partition coefficient (Wildman–Crippen LogP) is 3.50. The maximum Gasteiger partial charge on any atom is 0.304 e. The van der Waals surface area contributed by atoms with Gasteiger partial charge in [0.25, 0.3) is 0 Å². The zero-order chi connectivity index (χ0) is 23.2. The number of carbonyl (C=O) groups is 1. The number of likely N-dealkylation sites (N-methyl/N-ethyl adjacent to an activating group) is 1. The van der Waals surface area contributed by atoms with Crippen LogP contribution in [-0.2, 0) is 11.8 Å². The van der Waals surface area contributed by atoms with E-state index in [0.29, 0.717) is 5.50 Å². The van der Waals surface area contributed by atoms with Crippen molar-refractivity contribution >= 4 is 41.0 Å². The highest BCUT2D eigenvalue weighted by Crippen LogP contribution is 2.30. The minimum absolute atomic E-state index is 0. The summed E-state index contributed by atoms with van der Waals surface area (Å²) < 4.78 is 6.17. The second-order valence-corrected chi connectivity index (χ2v) is 9.52. The van der Waals surface area contributed by atoms with Crippen LogP contribution in [0.1, 0.15) is 48.1 Å². The van der Waals surface area contributed by atoms with Crippen LogP contribution in [0.4, 0.5) is 0 Å². The van der Waals surface area contributed by atoms with E-state index < -0.39 is 0 Å². The standard InChI is InChI=1S/C8H13N3O.C7H9N3.C7H9N2S.2CH4/c1-4-6-5(2)11(3)8(12)7(6)10-9-4;1-6-5-8-10-4-3-9(2)7(6)10;1-5-3-8-7-9(5)6(2)4-10-7;;/h5-7,10H,1-3H3;3-5H,1-2H3;3-4,7H,1-2H3;2*1H4/q;;+1;;. The summed E-state index contributed by atoms with van der Waals surface area (Å²) in [6.07, 6.45) is 7.75. The summed E-state index contributed by atoms with van der Waals surface area (Å²) in [5.41, 5.74) is 9.19. The molecular weight excluding hydrogens is 448 g/mol. The molecule has 1 fully saturated rings. The maximum atomic E-state index is 11.5. The Hall–Kier alpha value is -2.88. The van der Waals surface area contributed by atoms with Crippen LogP contribution in [0.25, 0.3) is 5.65 Å². The molecule has 0 aromatic carbocycles. The summed E-state index contributed by atoms with van der Waals surface area (Å²) in [4.78, 5) is 17.6. The number of nitrogens with one attached hydrogen (secondary N) is 1. The predicted molar refractivity (Wildman–Crippen MR) is 143 cm³/mol. The summed E-state index contributed by atoms with van der Waals surface area (Å²) in [7, 11) is 3.87. The Morgan fingerprint density at radius 3 is 2.44 bits per heavy atom. The highest BCUT2D eigenvalue weighted by atomic mass is 32.2. The second kappa shape index (κ2) is 10.6. The number of nitrogens with zero attached hydrogens (tertiary/aromatic N) is 7. The van der Waals surface area contributed by atoms with E-state index in [2.05, 4.69) is 62.9 Å². The first-order valence-electron chi connectivity index (χ1n) is 10.7. The number of aromatic nitrogens is 3.